The first-order chi connectivity index (χ1) is 7.20. The Hall–Kier alpha value is -0.930. The van der Waals surface area contributed by atoms with E-state index in [-0.39, 0.29) is 6.04 Å². The SMILES string of the molecule is CC(C)OCCCC(N)c1cccnc1. The number of rotatable bonds is 6. The molecule has 1 atom stereocenters. The average molecular weight is 208 g/mol. The van der Waals surface area contributed by atoms with E-state index in [2.05, 4.69) is 4.98 Å². The molecule has 84 valence electrons. The Morgan fingerprint density at radius 1 is 1.47 bits per heavy atom. The predicted octanol–water partition coefficient (Wildman–Crippen LogP) is 2.29. The maximum absolute atomic E-state index is 6.02. The van der Waals surface area contributed by atoms with Crippen LogP contribution in [0.1, 0.15) is 38.3 Å². The van der Waals surface area contributed by atoms with Crippen molar-refractivity contribution in [2.45, 2.75) is 38.8 Å². The van der Waals surface area contributed by atoms with E-state index in [9.17, 15) is 0 Å². The van der Waals surface area contributed by atoms with Crippen LogP contribution in [0.15, 0.2) is 24.5 Å². The lowest BCUT2D eigenvalue weighted by Gasteiger charge is -2.12. The topological polar surface area (TPSA) is 48.1 Å². The zero-order valence-corrected chi connectivity index (χ0v) is 9.52. The molecule has 0 aliphatic rings. The van der Waals surface area contributed by atoms with E-state index in [0.29, 0.717) is 6.10 Å². The van der Waals surface area contributed by atoms with Gasteiger partial charge in [0.15, 0.2) is 0 Å². The monoisotopic (exact) mass is 208 g/mol. The van der Waals surface area contributed by atoms with Crippen molar-refractivity contribution in [2.75, 3.05) is 6.61 Å². The van der Waals surface area contributed by atoms with E-state index in [1.165, 1.54) is 0 Å². The van der Waals surface area contributed by atoms with Crippen molar-refractivity contribution in [1.82, 2.24) is 4.98 Å². The second kappa shape index (κ2) is 6.53. The standard InChI is InChI=1S/C12H20N2O/c1-10(2)15-8-4-6-12(13)11-5-3-7-14-9-11/h3,5,7,9-10,12H,4,6,8,13H2,1-2H3. The summed E-state index contributed by atoms with van der Waals surface area (Å²) in [5.74, 6) is 0. The van der Waals surface area contributed by atoms with Crippen molar-refractivity contribution in [3.8, 4) is 0 Å². The zero-order valence-electron chi connectivity index (χ0n) is 9.52. The molecular weight excluding hydrogens is 188 g/mol. The molecule has 0 aliphatic heterocycles. The first-order valence-electron chi connectivity index (χ1n) is 5.47. The molecule has 0 amide bonds. The highest BCUT2D eigenvalue weighted by Gasteiger charge is 2.05. The number of ether oxygens (including phenoxy) is 1. The highest BCUT2D eigenvalue weighted by atomic mass is 16.5. The Morgan fingerprint density at radius 2 is 2.27 bits per heavy atom. The fourth-order valence-electron chi connectivity index (χ4n) is 1.38. The van der Waals surface area contributed by atoms with Gasteiger partial charge in [-0.1, -0.05) is 6.07 Å². The zero-order chi connectivity index (χ0) is 11.1. The number of hydrogen-bond donors (Lipinski definition) is 1. The highest BCUT2D eigenvalue weighted by Crippen LogP contribution is 2.14. The van der Waals surface area contributed by atoms with Gasteiger partial charge in [-0.3, -0.25) is 4.98 Å². The molecule has 1 aromatic heterocycles. The maximum Gasteiger partial charge on any atom is 0.0518 e. The Bertz CT molecular complexity index is 262. The number of nitrogens with zero attached hydrogens (tertiary/aromatic N) is 1. The molecule has 3 nitrogen and oxygen atoms in total. The van der Waals surface area contributed by atoms with Gasteiger partial charge in [-0.2, -0.15) is 0 Å². The second-order valence-electron chi connectivity index (χ2n) is 3.95. The van der Waals surface area contributed by atoms with Gasteiger partial charge in [0.1, 0.15) is 0 Å². The molecule has 3 heteroatoms. The van der Waals surface area contributed by atoms with E-state index in [1.807, 2.05) is 32.2 Å². The molecular formula is C12H20N2O. The summed E-state index contributed by atoms with van der Waals surface area (Å²) in [6.45, 7) is 4.87. The highest BCUT2D eigenvalue weighted by molar-refractivity contribution is 5.12. The summed E-state index contributed by atoms with van der Waals surface area (Å²) in [6, 6.07) is 4.01. The first-order valence-corrected chi connectivity index (χ1v) is 5.47. The lowest BCUT2D eigenvalue weighted by molar-refractivity contribution is 0.0751. The molecule has 1 rings (SSSR count). The molecule has 0 aliphatic carbocycles. The van der Waals surface area contributed by atoms with Crippen molar-refractivity contribution in [3.05, 3.63) is 30.1 Å². The van der Waals surface area contributed by atoms with Crippen LogP contribution in [0.3, 0.4) is 0 Å². The van der Waals surface area contributed by atoms with E-state index < -0.39 is 0 Å². The Kier molecular flexibility index (Phi) is 5.29. The summed E-state index contributed by atoms with van der Waals surface area (Å²) in [7, 11) is 0. The van der Waals surface area contributed by atoms with Gasteiger partial charge in [-0.25, -0.2) is 0 Å². The molecule has 0 spiro atoms. The minimum absolute atomic E-state index is 0.0782. The lowest BCUT2D eigenvalue weighted by Crippen LogP contribution is -2.12. The molecule has 1 heterocycles. The van der Waals surface area contributed by atoms with Crippen LogP contribution >= 0.6 is 0 Å². The Labute approximate surface area is 91.7 Å². The third-order valence-electron chi connectivity index (χ3n) is 2.22. The number of pyridine rings is 1. The van der Waals surface area contributed by atoms with Gasteiger partial charge in [0.25, 0.3) is 0 Å². The van der Waals surface area contributed by atoms with Crippen LogP contribution in [0.2, 0.25) is 0 Å². The first kappa shape index (κ1) is 12.1. The molecule has 0 saturated carbocycles. The van der Waals surface area contributed by atoms with Gasteiger partial charge >= 0.3 is 0 Å². The smallest absolute Gasteiger partial charge is 0.0518 e. The molecule has 1 unspecified atom stereocenters. The summed E-state index contributed by atoms with van der Waals surface area (Å²) in [4.78, 5) is 4.05. The van der Waals surface area contributed by atoms with E-state index in [4.69, 9.17) is 10.5 Å². The number of aromatic nitrogens is 1. The van der Waals surface area contributed by atoms with Crippen molar-refractivity contribution in [1.29, 1.82) is 0 Å². The maximum atomic E-state index is 6.02. The normalized spacial score (nSPS) is 13.1. The minimum Gasteiger partial charge on any atom is -0.379 e. The molecule has 15 heavy (non-hydrogen) atoms. The van der Waals surface area contributed by atoms with Gasteiger partial charge in [0.05, 0.1) is 6.10 Å². The molecule has 0 bridgehead atoms. The summed E-state index contributed by atoms with van der Waals surface area (Å²) < 4.78 is 5.46. The molecule has 0 saturated heterocycles. The van der Waals surface area contributed by atoms with E-state index in [0.717, 1.165) is 25.0 Å². The third kappa shape index (κ3) is 4.91. The summed E-state index contributed by atoms with van der Waals surface area (Å²) >= 11 is 0. The third-order valence-corrected chi connectivity index (χ3v) is 2.22. The van der Waals surface area contributed by atoms with Gasteiger partial charge < -0.3 is 10.5 Å². The van der Waals surface area contributed by atoms with Gasteiger partial charge in [0.2, 0.25) is 0 Å². The van der Waals surface area contributed by atoms with Crippen LogP contribution in [0.25, 0.3) is 0 Å². The van der Waals surface area contributed by atoms with E-state index in [1.54, 1.807) is 6.20 Å². The molecule has 0 aromatic carbocycles. The van der Waals surface area contributed by atoms with Crippen LogP contribution in [-0.4, -0.2) is 17.7 Å². The largest absolute Gasteiger partial charge is 0.379 e. The second-order valence-corrected chi connectivity index (χ2v) is 3.95. The van der Waals surface area contributed by atoms with Crippen LogP contribution in [-0.2, 0) is 4.74 Å². The van der Waals surface area contributed by atoms with Crippen molar-refractivity contribution >= 4 is 0 Å². The summed E-state index contributed by atoms with van der Waals surface area (Å²) in [5.41, 5.74) is 7.12. The molecule has 1 aromatic rings. The van der Waals surface area contributed by atoms with Crippen molar-refractivity contribution in [3.63, 3.8) is 0 Å². The fraction of sp³-hybridized carbons (Fsp3) is 0.583. The van der Waals surface area contributed by atoms with Crippen LogP contribution < -0.4 is 5.73 Å². The van der Waals surface area contributed by atoms with Gasteiger partial charge in [-0.05, 0) is 38.3 Å². The molecule has 2 N–H and O–H groups in total. The van der Waals surface area contributed by atoms with E-state index >= 15 is 0 Å². The summed E-state index contributed by atoms with van der Waals surface area (Å²) in [6.07, 6.45) is 5.83. The molecule has 0 fully saturated rings. The lowest BCUT2D eigenvalue weighted by atomic mass is 10.1. The van der Waals surface area contributed by atoms with Crippen molar-refractivity contribution < 1.29 is 4.74 Å². The fourth-order valence-corrected chi connectivity index (χ4v) is 1.38. The molecule has 0 radical (unpaired) electrons. The van der Waals surface area contributed by atoms with Crippen LogP contribution in [0.4, 0.5) is 0 Å². The Balaban J connectivity index is 2.22. The van der Waals surface area contributed by atoms with Gasteiger partial charge in [-0.15, -0.1) is 0 Å². The number of nitrogens with two attached hydrogens (primary N) is 1. The quantitative estimate of drug-likeness (QED) is 0.730. The van der Waals surface area contributed by atoms with Crippen LogP contribution in [0.5, 0.6) is 0 Å². The Morgan fingerprint density at radius 3 is 2.87 bits per heavy atom. The van der Waals surface area contributed by atoms with Crippen LogP contribution in [0, 0.1) is 0 Å². The van der Waals surface area contributed by atoms with Crippen molar-refractivity contribution in [2.24, 2.45) is 5.73 Å². The average Bonchev–Trinajstić information content (AvgIpc) is 2.25. The van der Waals surface area contributed by atoms with Gasteiger partial charge in [0, 0.05) is 25.0 Å². The predicted molar refractivity (Wildman–Crippen MR) is 61.5 cm³/mol. The summed E-state index contributed by atoms with van der Waals surface area (Å²) in [5, 5.41) is 0. The minimum atomic E-state index is 0.0782. The number of hydrogen-bond acceptors (Lipinski definition) is 3.